The number of hydrogen-bond acceptors (Lipinski definition) is 3. The zero-order valence-corrected chi connectivity index (χ0v) is 8.49. The van der Waals surface area contributed by atoms with Gasteiger partial charge in [0.15, 0.2) is 0 Å². The van der Waals surface area contributed by atoms with Gasteiger partial charge < -0.3 is 15.0 Å². The fraction of sp³-hybridized carbons (Fsp3) is 0.273. The fourth-order valence-corrected chi connectivity index (χ4v) is 1.71. The molecule has 2 rings (SSSR count). The van der Waals surface area contributed by atoms with E-state index in [2.05, 4.69) is 5.32 Å². The number of hydrogen-bond donors (Lipinski definition) is 1. The Labute approximate surface area is 87.9 Å². The molecule has 0 saturated carbocycles. The van der Waals surface area contributed by atoms with Gasteiger partial charge in [-0.05, 0) is 24.6 Å². The molecule has 0 unspecified atom stereocenters. The normalized spacial score (nSPS) is 14.5. The van der Waals surface area contributed by atoms with E-state index in [4.69, 9.17) is 0 Å². The lowest BCUT2D eigenvalue weighted by Gasteiger charge is -2.29. The summed E-state index contributed by atoms with van der Waals surface area (Å²) >= 11 is 0. The zero-order valence-electron chi connectivity index (χ0n) is 8.49. The summed E-state index contributed by atoms with van der Waals surface area (Å²) in [5.74, 6) is -0.0757. The van der Waals surface area contributed by atoms with E-state index in [9.17, 15) is 9.59 Å². The number of nitrogens with zero attached hydrogens (tertiary/aromatic N) is 1. The van der Waals surface area contributed by atoms with E-state index < -0.39 is 0 Å². The largest absolute Gasteiger partial charge is 0.353 e. The van der Waals surface area contributed by atoms with Crippen LogP contribution in [0.15, 0.2) is 18.2 Å². The Bertz CT molecular complexity index is 415. The number of carbonyl (C=O) groups excluding carboxylic acids is 2. The Morgan fingerprint density at radius 3 is 3.07 bits per heavy atom. The van der Waals surface area contributed by atoms with E-state index in [1.165, 1.54) is 0 Å². The molecule has 1 aliphatic heterocycles. The van der Waals surface area contributed by atoms with Gasteiger partial charge in [0.05, 0.1) is 24.5 Å². The monoisotopic (exact) mass is 204 g/mol. The summed E-state index contributed by atoms with van der Waals surface area (Å²) in [6.45, 7) is 2.48. The molecule has 78 valence electrons. The Balaban J connectivity index is 2.42. The van der Waals surface area contributed by atoms with Crippen LogP contribution >= 0.6 is 0 Å². The van der Waals surface area contributed by atoms with Crippen molar-refractivity contribution in [1.29, 1.82) is 0 Å². The van der Waals surface area contributed by atoms with E-state index in [0.29, 0.717) is 0 Å². The number of carbonyl (C=O) groups is 2. The highest BCUT2D eigenvalue weighted by Crippen LogP contribution is 2.29. The lowest BCUT2D eigenvalue weighted by molar-refractivity contribution is -0.115. The first-order chi connectivity index (χ1) is 7.20. The third kappa shape index (κ3) is 1.83. The minimum absolute atomic E-state index is 0.0757. The molecular weight excluding hydrogens is 192 g/mol. The van der Waals surface area contributed by atoms with Crippen molar-refractivity contribution >= 4 is 23.6 Å². The van der Waals surface area contributed by atoms with Gasteiger partial charge in [0.1, 0.15) is 6.29 Å². The zero-order chi connectivity index (χ0) is 10.8. The van der Waals surface area contributed by atoms with Crippen molar-refractivity contribution in [2.75, 3.05) is 23.3 Å². The van der Waals surface area contributed by atoms with Crippen LogP contribution in [-0.4, -0.2) is 25.3 Å². The van der Waals surface area contributed by atoms with E-state index in [1.807, 2.05) is 25.1 Å². The van der Waals surface area contributed by atoms with Gasteiger partial charge in [-0.1, -0.05) is 6.07 Å². The fourth-order valence-electron chi connectivity index (χ4n) is 1.71. The number of fused-ring (bicyclic) bond motifs is 1. The number of aldehydes is 1. The molecule has 0 bridgehead atoms. The van der Waals surface area contributed by atoms with E-state index in [0.717, 1.165) is 23.2 Å². The van der Waals surface area contributed by atoms with Gasteiger partial charge in [0, 0.05) is 0 Å². The molecule has 0 fully saturated rings. The maximum atomic E-state index is 11.3. The summed E-state index contributed by atoms with van der Waals surface area (Å²) in [5, 5.41) is 2.78. The van der Waals surface area contributed by atoms with Crippen LogP contribution in [-0.2, 0) is 9.59 Å². The Hall–Kier alpha value is -1.84. The van der Waals surface area contributed by atoms with Crippen molar-refractivity contribution in [3.63, 3.8) is 0 Å². The average molecular weight is 204 g/mol. The number of anilines is 2. The average Bonchev–Trinajstić information content (AvgIpc) is 2.19. The first kappa shape index (κ1) is 9.71. The van der Waals surface area contributed by atoms with Crippen LogP contribution < -0.4 is 10.2 Å². The van der Waals surface area contributed by atoms with Crippen LogP contribution in [0.1, 0.15) is 5.56 Å². The number of rotatable bonds is 2. The number of benzene rings is 1. The molecule has 1 heterocycles. The molecule has 4 nitrogen and oxygen atoms in total. The Morgan fingerprint density at radius 1 is 1.53 bits per heavy atom. The molecule has 0 aromatic heterocycles. The first-order valence-electron chi connectivity index (χ1n) is 4.80. The van der Waals surface area contributed by atoms with Gasteiger partial charge in [-0.3, -0.25) is 4.79 Å². The molecule has 0 spiro atoms. The summed E-state index contributed by atoms with van der Waals surface area (Å²) in [6, 6.07) is 5.77. The SMILES string of the molecule is Cc1ccc2c(c1)N(CC=O)CC(=O)N2. The standard InChI is InChI=1S/C11H12N2O2/c1-8-2-3-9-10(6-8)13(4-5-14)7-11(15)12-9/h2-3,5-6H,4,7H2,1H3,(H,12,15). The summed E-state index contributed by atoms with van der Waals surface area (Å²) in [4.78, 5) is 23.6. The molecule has 0 radical (unpaired) electrons. The molecule has 1 aliphatic rings. The third-order valence-electron chi connectivity index (χ3n) is 2.40. The lowest BCUT2D eigenvalue weighted by Crippen LogP contribution is -2.39. The number of nitrogens with one attached hydrogen (secondary N) is 1. The van der Waals surface area contributed by atoms with Gasteiger partial charge in [0.25, 0.3) is 0 Å². The van der Waals surface area contributed by atoms with Gasteiger partial charge in [0.2, 0.25) is 5.91 Å². The number of aryl methyl sites for hydroxylation is 1. The van der Waals surface area contributed by atoms with Gasteiger partial charge in [-0.15, -0.1) is 0 Å². The van der Waals surface area contributed by atoms with Crippen LogP contribution in [0.5, 0.6) is 0 Å². The molecule has 1 amide bonds. The lowest BCUT2D eigenvalue weighted by atomic mass is 10.1. The molecule has 1 aromatic carbocycles. The highest BCUT2D eigenvalue weighted by atomic mass is 16.2. The van der Waals surface area contributed by atoms with Crippen molar-refractivity contribution in [3.05, 3.63) is 23.8 Å². The van der Waals surface area contributed by atoms with Crippen molar-refractivity contribution in [2.24, 2.45) is 0 Å². The minimum atomic E-state index is -0.0757. The predicted octanol–water partition coefficient (Wildman–Crippen LogP) is 0.952. The van der Waals surface area contributed by atoms with Gasteiger partial charge in [-0.25, -0.2) is 0 Å². The molecule has 0 aliphatic carbocycles. The molecule has 1 aromatic rings. The second kappa shape index (κ2) is 3.73. The second-order valence-corrected chi connectivity index (χ2v) is 3.62. The smallest absolute Gasteiger partial charge is 0.243 e. The van der Waals surface area contributed by atoms with Crippen molar-refractivity contribution in [2.45, 2.75) is 6.92 Å². The summed E-state index contributed by atoms with van der Waals surface area (Å²) < 4.78 is 0. The molecular formula is C11H12N2O2. The molecule has 15 heavy (non-hydrogen) atoms. The maximum absolute atomic E-state index is 11.3. The highest BCUT2D eigenvalue weighted by molar-refractivity contribution is 6.01. The maximum Gasteiger partial charge on any atom is 0.243 e. The van der Waals surface area contributed by atoms with Crippen LogP contribution in [0.3, 0.4) is 0 Å². The Morgan fingerprint density at radius 2 is 2.33 bits per heavy atom. The van der Waals surface area contributed by atoms with Gasteiger partial charge in [-0.2, -0.15) is 0 Å². The highest BCUT2D eigenvalue weighted by Gasteiger charge is 2.21. The van der Waals surface area contributed by atoms with Gasteiger partial charge >= 0.3 is 0 Å². The summed E-state index contributed by atoms with van der Waals surface area (Å²) in [5.41, 5.74) is 2.81. The molecule has 0 saturated heterocycles. The van der Waals surface area contributed by atoms with E-state index in [-0.39, 0.29) is 19.0 Å². The van der Waals surface area contributed by atoms with Crippen molar-refractivity contribution in [3.8, 4) is 0 Å². The summed E-state index contributed by atoms with van der Waals surface area (Å²) in [7, 11) is 0. The summed E-state index contributed by atoms with van der Waals surface area (Å²) in [6.07, 6.45) is 0.810. The van der Waals surface area contributed by atoms with E-state index >= 15 is 0 Å². The molecule has 1 N–H and O–H groups in total. The van der Waals surface area contributed by atoms with Crippen molar-refractivity contribution < 1.29 is 9.59 Å². The predicted molar refractivity (Wildman–Crippen MR) is 58.1 cm³/mol. The quantitative estimate of drug-likeness (QED) is 0.730. The van der Waals surface area contributed by atoms with E-state index in [1.54, 1.807) is 4.90 Å². The van der Waals surface area contributed by atoms with Crippen LogP contribution in [0.25, 0.3) is 0 Å². The third-order valence-corrected chi connectivity index (χ3v) is 2.40. The van der Waals surface area contributed by atoms with Crippen molar-refractivity contribution in [1.82, 2.24) is 0 Å². The topological polar surface area (TPSA) is 49.4 Å². The minimum Gasteiger partial charge on any atom is -0.353 e. The first-order valence-corrected chi connectivity index (χ1v) is 4.80. The molecule has 4 heteroatoms. The molecule has 0 atom stereocenters. The Kier molecular flexibility index (Phi) is 2.41. The number of amides is 1. The second-order valence-electron chi connectivity index (χ2n) is 3.62. The van der Waals surface area contributed by atoms with Crippen LogP contribution in [0, 0.1) is 6.92 Å². The van der Waals surface area contributed by atoms with Crippen LogP contribution in [0.4, 0.5) is 11.4 Å². The van der Waals surface area contributed by atoms with Crippen LogP contribution in [0.2, 0.25) is 0 Å².